The van der Waals surface area contributed by atoms with Gasteiger partial charge in [0.15, 0.2) is 0 Å². The molecular weight excluding hydrogens is 392 g/mol. The lowest BCUT2D eigenvalue weighted by Crippen LogP contribution is -2.43. The molecule has 0 aliphatic carbocycles. The molecule has 0 radical (unpaired) electrons. The van der Waals surface area contributed by atoms with Crippen molar-refractivity contribution in [2.75, 3.05) is 31.5 Å². The number of nitrogens with one attached hydrogen (secondary N) is 2. The molecule has 2 fully saturated rings. The summed E-state index contributed by atoms with van der Waals surface area (Å²) in [6.07, 6.45) is 1.89. The van der Waals surface area contributed by atoms with Crippen molar-refractivity contribution in [2.45, 2.75) is 62.7 Å². The predicted molar refractivity (Wildman–Crippen MR) is 112 cm³/mol. The smallest absolute Gasteiger partial charge is 0.241 e. The van der Waals surface area contributed by atoms with Crippen LogP contribution in [0.1, 0.15) is 33.6 Å². The lowest BCUT2D eigenvalue weighted by Gasteiger charge is -2.27. The molecule has 0 saturated carbocycles. The molecule has 2 saturated heterocycles. The Hall–Kier alpha value is -1.52. The van der Waals surface area contributed by atoms with Gasteiger partial charge in [-0.25, -0.2) is 13.1 Å². The van der Waals surface area contributed by atoms with E-state index in [1.807, 2.05) is 11.8 Å². The molecule has 29 heavy (non-hydrogen) atoms. The zero-order chi connectivity index (χ0) is 21.2. The molecule has 3 N–H and O–H groups in total. The van der Waals surface area contributed by atoms with Crippen molar-refractivity contribution in [3.8, 4) is 0 Å². The van der Waals surface area contributed by atoms with Crippen molar-refractivity contribution in [1.29, 1.82) is 0 Å². The second-order valence-corrected chi connectivity index (χ2v) is 10.0. The highest BCUT2D eigenvalue weighted by molar-refractivity contribution is 7.89. The summed E-state index contributed by atoms with van der Waals surface area (Å²) in [4.78, 5) is 17.2. The molecule has 2 aliphatic heterocycles. The van der Waals surface area contributed by atoms with E-state index < -0.39 is 16.1 Å². The van der Waals surface area contributed by atoms with E-state index in [0.29, 0.717) is 18.8 Å². The minimum absolute atomic E-state index is 0.0886. The summed E-state index contributed by atoms with van der Waals surface area (Å²) >= 11 is 0. The molecule has 1 aromatic rings. The largest absolute Gasteiger partial charge is 0.390 e. The van der Waals surface area contributed by atoms with Crippen LogP contribution in [0, 0.1) is 0 Å². The van der Waals surface area contributed by atoms with Crippen molar-refractivity contribution in [3.05, 3.63) is 24.3 Å². The molecule has 162 valence electrons. The zero-order valence-electron chi connectivity index (χ0n) is 17.3. The van der Waals surface area contributed by atoms with E-state index >= 15 is 0 Å². The number of carbonyl (C=O) groups is 1. The van der Waals surface area contributed by atoms with E-state index in [4.69, 9.17) is 0 Å². The normalized spacial score (nSPS) is 24.9. The molecule has 3 atom stereocenters. The van der Waals surface area contributed by atoms with Gasteiger partial charge < -0.3 is 10.4 Å². The molecule has 9 heteroatoms. The molecule has 0 bridgehead atoms. The van der Waals surface area contributed by atoms with Crippen molar-refractivity contribution in [2.24, 2.45) is 0 Å². The van der Waals surface area contributed by atoms with Crippen LogP contribution >= 0.6 is 0 Å². The van der Waals surface area contributed by atoms with Gasteiger partial charge in [0, 0.05) is 30.9 Å². The molecular formula is C20H32N4O4S. The number of aliphatic hydroxyl groups excluding tert-OH is 1. The molecule has 0 spiro atoms. The summed E-state index contributed by atoms with van der Waals surface area (Å²) in [5.74, 6) is -0.171. The number of aliphatic hydroxyl groups is 1. The Morgan fingerprint density at radius 1 is 1.10 bits per heavy atom. The Morgan fingerprint density at radius 3 is 2.31 bits per heavy atom. The lowest BCUT2D eigenvalue weighted by atomic mass is 10.2. The van der Waals surface area contributed by atoms with Gasteiger partial charge in [0.2, 0.25) is 15.9 Å². The minimum Gasteiger partial charge on any atom is -0.390 e. The van der Waals surface area contributed by atoms with Gasteiger partial charge in [0.1, 0.15) is 0 Å². The summed E-state index contributed by atoms with van der Waals surface area (Å²) in [5.41, 5.74) is 0.543. The quantitative estimate of drug-likeness (QED) is 0.600. The van der Waals surface area contributed by atoms with E-state index in [2.05, 4.69) is 14.9 Å². The number of nitrogens with zero attached hydrogens (tertiary/aromatic N) is 2. The maximum Gasteiger partial charge on any atom is 0.241 e. The van der Waals surface area contributed by atoms with Crippen molar-refractivity contribution < 1.29 is 18.3 Å². The molecule has 2 heterocycles. The van der Waals surface area contributed by atoms with Crippen molar-refractivity contribution >= 4 is 21.6 Å². The van der Waals surface area contributed by atoms with Crippen molar-refractivity contribution in [3.63, 3.8) is 0 Å². The van der Waals surface area contributed by atoms with E-state index in [1.165, 1.54) is 12.1 Å². The topological polar surface area (TPSA) is 102 Å². The first-order valence-corrected chi connectivity index (χ1v) is 11.7. The fourth-order valence-electron chi connectivity index (χ4n) is 4.06. The first kappa shape index (κ1) is 22.2. The average Bonchev–Trinajstić information content (AvgIpc) is 3.29. The number of sulfonamides is 1. The number of benzene rings is 1. The van der Waals surface area contributed by atoms with Crippen LogP contribution in [0.2, 0.25) is 0 Å². The standard InChI is InChI=1S/C20H32N4O4S/c1-14(2)22-29(27,28)17-8-6-16(7-9-17)21-20(26)15(3)24-12-18(19(25)13-24)23-10-4-5-11-23/h6-9,14-15,18-19,22,25H,4-5,10-13H2,1-3H3,(H,21,26)/t15-,18-,19-/m0/s1. The van der Waals surface area contributed by atoms with E-state index in [-0.39, 0.29) is 28.9 Å². The first-order valence-electron chi connectivity index (χ1n) is 10.3. The summed E-state index contributed by atoms with van der Waals surface area (Å²) in [5, 5.41) is 13.3. The number of rotatable bonds is 7. The fraction of sp³-hybridized carbons (Fsp3) is 0.650. The second kappa shape index (κ2) is 9.09. The van der Waals surface area contributed by atoms with Gasteiger partial charge in [-0.05, 0) is 71.0 Å². The highest BCUT2D eigenvalue weighted by atomic mass is 32.2. The van der Waals surface area contributed by atoms with Gasteiger partial charge in [-0.15, -0.1) is 0 Å². The molecule has 3 rings (SSSR count). The van der Waals surface area contributed by atoms with Crippen LogP contribution in [0.25, 0.3) is 0 Å². The molecule has 0 aromatic heterocycles. The Kier molecular flexibility index (Phi) is 6.95. The maximum absolute atomic E-state index is 12.7. The van der Waals surface area contributed by atoms with Crippen LogP contribution in [0.5, 0.6) is 0 Å². The number of β-amino-alcohol motifs (C(OH)–C–C–N with tert-alkyl or cyclic N) is 1. The van der Waals surface area contributed by atoms with Gasteiger partial charge in [-0.3, -0.25) is 14.6 Å². The molecule has 2 aliphatic rings. The van der Waals surface area contributed by atoms with Gasteiger partial charge in [0.05, 0.1) is 17.0 Å². The number of likely N-dealkylation sites (tertiary alicyclic amines) is 2. The third-order valence-electron chi connectivity index (χ3n) is 5.65. The third-order valence-corrected chi connectivity index (χ3v) is 7.32. The lowest BCUT2D eigenvalue weighted by molar-refractivity contribution is -0.120. The van der Waals surface area contributed by atoms with Crippen LogP contribution in [0.3, 0.4) is 0 Å². The summed E-state index contributed by atoms with van der Waals surface area (Å²) in [6, 6.07) is 5.65. The molecule has 1 amide bonds. The van der Waals surface area contributed by atoms with Crippen LogP contribution in [-0.4, -0.2) is 79.6 Å². The maximum atomic E-state index is 12.7. The third kappa shape index (κ3) is 5.35. The van der Waals surface area contributed by atoms with Gasteiger partial charge in [-0.1, -0.05) is 0 Å². The average molecular weight is 425 g/mol. The second-order valence-electron chi connectivity index (χ2n) is 8.30. The number of hydrogen-bond acceptors (Lipinski definition) is 6. The Balaban J connectivity index is 1.58. The molecule has 1 aromatic carbocycles. The summed E-state index contributed by atoms with van der Waals surface area (Å²) in [7, 11) is -3.56. The Labute approximate surface area is 173 Å². The molecule has 0 unspecified atom stereocenters. The number of anilines is 1. The molecule has 8 nitrogen and oxygen atoms in total. The van der Waals surface area contributed by atoms with Gasteiger partial charge in [0.25, 0.3) is 0 Å². The van der Waals surface area contributed by atoms with E-state index in [1.54, 1.807) is 26.0 Å². The number of hydrogen-bond donors (Lipinski definition) is 3. The van der Waals surface area contributed by atoms with E-state index in [9.17, 15) is 18.3 Å². The Morgan fingerprint density at radius 2 is 1.72 bits per heavy atom. The van der Waals surface area contributed by atoms with E-state index in [0.717, 1.165) is 25.9 Å². The Bertz CT molecular complexity index is 806. The fourth-order valence-corrected chi connectivity index (χ4v) is 5.31. The minimum atomic E-state index is -3.56. The van der Waals surface area contributed by atoms with Gasteiger partial charge in [-0.2, -0.15) is 0 Å². The highest BCUT2D eigenvalue weighted by Gasteiger charge is 2.39. The van der Waals surface area contributed by atoms with Crippen molar-refractivity contribution in [1.82, 2.24) is 14.5 Å². The number of amides is 1. The van der Waals surface area contributed by atoms with Crippen LogP contribution in [-0.2, 0) is 14.8 Å². The van der Waals surface area contributed by atoms with Crippen LogP contribution < -0.4 is 10.0 Å². The summed E-state index contributed by atoms with van der Waals surface area (Å²) in [6.45, 7) is 8.53. The monoisotopic (exact) mass is 424 g/mol. The SMILES string of the molecule is CC(C)NS(=O)(=O)c1ccc(NC(=O)[C@H](C)N2C[C@H](O)[C@@H](N3CCCC3)C2)cc1. The zero-order valence-corrected chi connectivity index (χ0v) is 18.2. The number of carbonyl (C=O) groups excluding carboxylic acids is 1. The first-order chi connectivity index (χ1) is 13.7. The summed E-state index contributed by atoms with van der Waals surface area (Å²) < 4.78 is 26.9. The predicted octanol–water partition coefficient (Wildman–Crippen LogP) is 0.841. The van der Waals surface area contributed by atoms with Crippen LogP contribution in [0.4, 0.5) is 5.69 Å². The van der Waals surface area contributed by atoms with Gasteiger partial charge >= 0.3 is 0 Å². The highest BCUT2D eigenvalue weighted by Crippen LogP contribution is 2.23. The van der Waals surface area contributed by atoms with Crippen LogP contribution in [0.15, 0.2) is 29.2 Å².